The third-order valence-electron chi connectivity index (χ3n) is 18.3. The van der Waals surface area contributed by atoms with Crippen LogP contribution in [0.2, 0.25) is 0 Å². The van der Waals surface area contributed by atoms with Crippen LogP contribution in [-0.2, 0) is 65.4 Å². The van der Waals surface area contributed by atoms with Crippen LogP contribution in [0.5, 0.6) is 0 Å². The maximum absolute atomic E-state index is 13.1. The number of carbonyl (C=O) groups is 4. The Morgan fingerprint density at radius 1 is 0.295 bits per heavy atom. The van der Waals surface area contributed by atoms with Gasteiger partial charge in [0.15, 0.2) is 12.2 Å². The standard InChI is InChI=1S/C76H148O17P2/c1-9-68(7)54-46-38-30-24-20-21-27-33-43-51-59-76(81)93-72(63-87-74(79)57-49-41-35-34-39-47-55-69(8)10-2)65-91-95(84,85)89-61-70(77)60-88-94(82,83)90-64-71(62-86-73(78)56-48-40-31-25-18-15-14-17-23-29-37-45-53-67(5)6)92-75(80)58-50-42-32-26-19-13-11-12-16-22-28-36-44-52-66(3)4/h66-72,77H,9-65H2,1-8H3,(H,82,83)(H,84,85)/t68?,69?,70-,71-,72-/m1/s1. The van der Waals surface area contributed by atoms with Gasteiger partial charge in [0, 0.05) is 25.7 Å². The smallest absolute Gasteiger partial charge is 0.462 e. The Kier molecular flexibility index (Phi) is 64.0. The number of ether oxygens (including phenoxy) is 4. The Morgan fingerprint density at radius 3 is 0.747 bits per heavy atom. The zero-order valence-electron chi connectivity index (χ0n) is 62.3. The van der Waals surface area contributed by atoms with Gasteiger partial charge in [-0.1, -0.05) is 331 Å². The summed E-state index contributed by atoms with van der Waals surface area (Å²) in [6.07, 6.45) is 49.8. The number of hydrogen-bond acceptors (Lipinski definition) is 15. The molecule has 0 radical (unpaired) electrons. The molecule has 0 heterocycles. The zero-order chi connectivity index (χ0) is 70.3. The fraction of sp³-hybridized carbons (Fsp3) is 0.947. The van der Waals surface area contributed by atoms with Crippen LogP contribution in [0, 0.1) is 23.7 Å². The molecule has 0 aromatic heterocycles. The molecule has 0 aliphatic rings. The molecule has 0 amide bonds. The van der Waals surface area contributed by atoms with E-state index in [4.69, 9.17) is 37.0 Å². The molecule has 0 saturated heterocycles. The molecule has 0 fully saturated rings. The van der Waals surface area contributed by atoms with Crippen molar-refractivity contribution < 1.29 is 80.2 Å². The van der Waals surface area contributed by atoms with Gasteiger partial charge in [-0.3, -0.25) is 37.3 Å². The number of unbranched alkanes of at least 4 members (excludes halogenated alkanes) is 37. The Balaban J connectivity index is 5.27. The average Bonchev–Trinajstić information content (AvgIpc) is 1.42. The summed E-state index contributed by atoms with van der Waals surface area (Å²) >= 11 is 0. The molecule has 0 aromatic rings. The summed E-state index contributed by atoms with van der Waals surface area (Å²) in [5.41, 5.74) is 0. The Morgan fingerprint density at radius 2 is 0.505 bits per heavy atom. The number of aliphatic hydroxyl groups is 1. The second kappa shape index (κ2) is 65.4. The number of rotatable bonds is 73. The van der Waals surface area contributed by atoms with Gasteiger partial charge in [-0.15, -0.1) is 0 Å². The lowest BCUT2D eigenvalue weighted by Crippen LogP contribution is -2.30. The van der Waals surface area contributed by atoms with Crippen molar-refractivity contribution in [2.45, 2.75) is 401 Å². The van der Waals surface area contributed by atoms with Gasteiger partial charge in [-0.2, -0.15) is 0 Å². The zero-order valence-corrected chi connectivity index (χ0v) is 64.1. The minimum Gasteiger partial charge on any atom is -0.462 e. The molecular weight excluding hydrogens is 1250 g/mol. The van der Waals surface area contributed by atoms with Crippen molar-refractivity contribution in [1.29, 1.82) is 0 Å². The van der Waals surface area contributed by atoms with E-state index in [2.05, 4.69) is 55.4 Å². The summed E-state index contributed by atoms with van der Waals surface area (Å²) in [6, 6.07) is 0. The highest BCUT2D eigenvalue weighted by Gasteiger charge is 2.30. The van der Waals surface area contributed by atoms with Gasteiger partial charge in [0.05, 0.1) is 26.4 Å². The maximum Gasteiger partial charge on any atom is 0.472 e. The van der Waals surface area contributed by atoms with Gasteiger partial charge < -0.3 is 33.8 Å². The van der Waals surface area contributed by atoms with Crippen molar-refractivity contribution >= 4 is 39.5 Å². The van der Waals surface area contributed by atoms with E-state index in [1.165, 1.54) is 180 Å². The van der Waals surface area contributed by atoms with Crippen LogP contribution in [-0.4, -0.2) is 96.7 Å². The van der Waals surface area contributed by atoms with E-state index >= 15 is 0 Å². The Bertz CT molecular complexity index is 1870. The van der Waals surface area contributed by atoms with Crippen LogP contribution in [0.15, 0.2) is 0 Å². The number of esters is 4. The number of carbonyl (C=O) groups excluding carboxylic acids is 4. The van der Waals surface area contributed by atoms with Gasteiger partial charge in [-0.05, 0) is 49.4 Å². The average molecular weight is 1400 g/mol. The number of aliphatic hydroxyl groups excluding tert-OH is 1. The molecule has 0 rings (SSSR count). The normalized spacial score (nSPS) is 14.7. The van der Waals surface area contributed by atoms with Crippen LogP contribution in [0.25, 0.3) is 0 Å². The highest BCUT2D eigenvalue weighted by atomic mass is 31.2. The van der Waals surface area contributed by atoms with Crippen LogP contribution in [0.1, 0.15) is 383 Å². The fourth-order valence-electron chi connectivity index (χ4n) is 11.5. The van der Waals surface area contributed by atoms with Gasteiger partial charge in [0.25, 0.3) is 0 Å². The van der Waals surface area contributed by atoms with Gasteiger partial charge in [-0.25, -0.2) is 9.13 Å². The van der Waals surface area contributed by atoms with E-state index in [1.807, 2.05) is 0 Å². The van der Waals surface area contributed by atoms with Crippen molar-refractivity contribution in [2.75, 3.05) is 39.6 Å². The van der Waals surface area contributed by atoms with Crippen molar-refractivity contribution in [3.05, 3.63) is 0 Å². The lowest BCUT2D eigenvalue weighted by molar-refractivity contribution is -0.161. The summed E-state index contributed by atoms with van der Waals surface area (Å²) in [4.78, 5) is 72.8. The third-order valence-corrected chi connectivity index (χ3v) is 20.2. The van der Waals surface area contributed by atoms with Crippen LogP contribution in [0.3, 0.4) is 0 Å². The molecule has 7 atom stereocenters. The first kappa shape index (κ1) is 93.1. The first-order valence-electron chi connectivity index (χ1n) is 39.3. The molecule has 4 unspecified atom stereocenters. The molecule has 19 heteroatoms. The van der Waals surface area contributed by atoms with E-state index < -0.39 is 97.5 Å². The minimum absolute atomic E-state index is 0.105. The van der Waals surface area contributed by atoms with Gasteiger partial charge >= 0.3 is 39.5 Å². The topological polar surface area (TPSA) is 237 Å². The van der Waals surface area contributed by atoms with E-state index in [-0.39, 0.29) is 25.7 Å². The molecule has 0 aliphatic heterocycles. The highest BCUT2D eigenvalue weighted by molar-refractivity contribution is 7.47. The molecule has 3 N–H and O–H groups in total. The molecular formula is C76H148O17P2. The highest BCUT2D eigenvalue weighted by Crippen LogP contribution is 2.45. The Labute approximate surface area is 581 Å². The second-order valence-electron chi connectivity index (χ2n) is 28.8. The molecule has 0 saturated carbocycles. The van der Waals surface area contributed by atoms with E-state index in [0.29, 0.717) is 25.7 Å². The molecule has 0 aromatic carbocycles. The summed E-state index contributed by atoms with van der Waals surface area (Å²) in [6.45, 7) is 14.2. The summed E-state index contributed by atoms with van der Waals surface area (Å²) < 4.78 is 68.5. The quantitative estimate of drug-likeness (QED) is 0.0222. The lowest BCUT2D eigenvalue weighted by atomic mass is 9.99. The maximum atomic E-state index is 13.1. The minimum atomic E-state index is -4.96. The van der Waals surface area contributed by atoms with E-state index in [1.54, 1.807) is 0 Å². The van der Waals surface area contributed by atoms with Crippen LogP contribution in [0.4, 0.5) is 0 Å². The first-order chi connectivity index (χ1) is 45.7. The van der Waals surface area contributed by atoms with Gasteiger partial charge in [0.1, 0.15) is 19.3 Å². The van der Waals surface area contributed by atoms with Gasteiger partial charge in [0.2, 0.25) is 0 Å². The van der Waals surface area contributed by atoms with Crippen molar-refractivity contribution in [2.24, 2.45) is 23.7 Å². The SMILES string of the molecule is CCC(C)CCCCCCCCCCCCC(=O)O[C@H](COC(=O)CCCCCCCCC(C)CC)COP(=O)(O)OC[C@H](O)COP(=O)(O)OC[C@@H](COC(=O)CCCCCCCCCCCCCCC(C)C)OC(=O)CCCCCCCCCCCCCCCC(C)C. The number of phosphoric acid groups is 2. The largest absolute Gasteiger partial charge is 0.472 e. The lowest BCUT2D eigenvalue weighted by Gasteiger charge is -2.21. The predicted octanol–water partition coefficient (Wildman–Crippen LogP) is 22.0. The molecule has 0 spiro atoms. The van der Waals surface area contributed by atoms with E-state index in [0.717, 1.165) is 120 Å². The predicted molar refractivity (Wildman–Crippen MR) is 386 cm³/mol. The van der Waals surface area contributed by atoms with Crippen molar-refractivity contribution in [1.82, 2.24) is 0 Å². The van der Waals surface area contributed by atoms with Crippen molar-refractivity contribution in [3.63, 3.8) is 0 Å². The van der Waals surface area contributed by atoms with Crippen LogP contribution >= 0.6 is 15.6 Å². The molecule has 0 aliphatic carbocycles. The first-order valence-corrected chi connectivity index (χ1v) is 42.3. The van der Waals surface area contributed by atoms with Crippen molar-refractivity contribution in [3.8, 4) is 0 Å². The second-order valence-corrected chi connectivity index (χ2v) is 31.7. The number of phosphoric ester groups is 2. The third kappa shape index (κ3) is 67.6. The monoisotopic (exact) mass is 1400 g/mol. The fourth-order valence-corrected chi connectivity index (χ4v) is 13.1. The summed E-state index contributed by atoms with van der Waals surface area (Å²) in [7, 11) is -9.91. The summed E-state index contributed by atoms with van der Waals surface area (Å²) in [5, 5.41) is 10.6. The van der Waals surface area contributed by atoms with E-state index in [9.17, 15) is 43.2 Å². The number of hydrogen-bond donors (Lipinski definition) is 3. The molecule has 0 bridgehead atoms. The molecule has 95 heavy (non-hydrogen) atoms. The molecule has 564 valence electrons. The Hall–Kier alpha value is -1.94. The molecule has 17 nitrogen and oxygen atoms in total. The summed E-state index contributed by atoms with van der Waals surface area (Å²) in [5.74, 6) is 0.981. The van der Waals surface area contributed by atoms with Crippen LogP contribution < -0.4 is 0 Å².